The molecule has 0 aliphatic rings. The summed E-state index contributed by atoms with van der Waals surface area (Å²) in [6, 6.07) is 7.77. The van der Waals surface area contributed by atoms with Gasteiger partial charge in [0.2, 0.25) is 0 Å². The second kappa shape index (κ2) is 5.56. The Bertz CT molecular complexity index is 301. The van der Waals surface area contributed by atoms with Crippen molar-refractivity contribution in [3.8, 4) is 5.75 Å². The Labute approximate surface area is 91.2 Å². The maximum absolute atomic E-state index is 9.21. The zero-order chi connectivity index (χ0) is 11.3. The summed E-state index contributed by atoms with van der Waals surface area (Å²) in [7, 11) is 0. The van der Waals surface area contributed by atoms with Gasteiger partial charge in [0.15, 0.2) is 0 Å². The fourth-order valence-electron chi connectivity index (χ4n) is 1.31. The second-order valence-corrected chi connectivity index (χ2v) is 3.76. The monoisotopic (exact) mass is 206 g/mol. The van der Waals surface area contributed by atoms with Gasteiger partial charge in [-0.3, -0.25) is 0 Å². The molecule has 0 heterocycles. The number of benzene rings is 1. The molecule has 0 aliphatic carbocycles. The molecule has 2 atom stereocenters. The predicted octanol–water partition coefficient (Wildman–Crippen LogP) is 2.56. The second-order valence-electron chi connectivity index (χ2n) is 3.76. The number of hydrogen-bond donors (Lipinski definition) is 1. The molecule has 2 nitrogen and oxygen atoms in total. The Balaban J connectivity index is 2.59. The summed E-state index contributed by atoms with van der Waals surface area (Å²) in [6.45, 7) is 7.38. The van der Waals surface area contributed by atoms with E-state index in [1.807, 2.05) is 31.2 Å². The van der Waals surface area contributed by atoms with Crippen LogP contribution in [0, 0.1) is 0 Å². The summed E-state index contributed by atoms with van der Waals surface area (Å²) in [6.07, 6.45) is 2.15. The van der Waals surface area contributed by atoms with Crippen LogP contribution < -0.4 is 4.74 Å². The molecule has 15 heavy (non-hydrogen) atoms. The maximum Gasteiger partial charge on any atom is 0.120 e. The van der Waals surface area contributed by atoms with Crippen molar-refractivity contribution in [2.24, 2.45) is 0 Å². The number of aliphatic hydroxyl groups excluding tert-OH is 1. The van der Waals surface area contributed by atoms with E-state index in [-0.39, 0.29) is 12.2 Å². The largest absolute Gasteiger partial charge is 0.487 e. The number of aliphatic hydroxyl groups is 1. The van der Waals surface area contributed by atoms with Gasteiger partial charge >= 0.3 is 0 Å². The smallest absolute Gasteiger partial charge is 0.120 e. The van der Waals surface area contributed by atoms with Crippen molar-refractivity contribution in [2.45, 2.75) is 32.5 Å². The van der Waals surface area contributed by atoms with Crippen LogP contribution in [0.1, 0.15) is 19.4 Å². The summed E-state index contributed by atoms with van der Waals surface area (Å²) in [5.41, 5.74) is 1.11. The average molecular weight is 206 g/mol. The Morgan fingerprint density at radius 2 is 1.93 bits per heavy atom. The summed E-state index contributed by atoms with van der Waals surface area (Å²) in [5.74, 6) is 0.830. The van der Waals surface area contributed by atoms with Crippen LogP contribution in [0.2, 0.25) is 0 Å². The minimum atomic E-state index is -0.302. The third-order valence-electron chi connectivity index (χ3n) is 2.11. The van der Waals surface area contributed by atoms with Crippen molar-refractivity contribution in [3.05, 3.63) is 42.5 Å². The summed E-state index contributed by atoms with van der Waals surface area (Å²) in [5, 5.41) is 9.21. The van der Waals surface area contributed by atoms with Gasteiger partial charge in [-0.15, -0.1) is 0 Å². The van der Waals surface area contributed by atoms with Gasteiger partial charge in [-0.2, -0.15) is 0 Å². The van der Waals surface area contributed by atoms with Crippen molar-refractivity contribution >= 4 is 0 Å². The van der Waals surface area contributed by atoms with Gasteiger partial charge < -0.3 is 9.84 Å². The van der Waals surface area contributed by atoms with Crippen LogP contribution in [-0.2, 0) is 6.42 Å². The molecular weight excluding hydrogens is 188 g/mol. The summed E-state index contributed by atoms with van der Waals surface area (Å²) in [4.78, 5) is 0. The highest BCUT2D eigenvalue weighted by atomic mass is 16.5. The van der Waals surface area contributed by atoms with E-state index < -0.39 is 0 Å². The molecule has 0 amide bonds. The van der Waals surface area contributed by atoms with Crippen molar-refractivity contribution in [1.82, 2.24) is 0 Å². The van der Waals surface area contributed by atoms with Gasteiger partial charge in [-0.25, -0.2) is 0 Å². The first-order valence-electron chi connectivity index (χ1n) is 5.18. The van der Waals surface area contributed by atoms with E-state index in [1.165, 1.54) is 0 Å². The minimum Gasteiger partial charge on any atom is -0.487 e. The van der Waals surface area contributed by atoms with Crippen LogP contribution in [0.4, 0.5) is 0 Å². The third-order valence-corrected chi connectivity index (χ3v) is 2.11. The van der Waals surface area contributed by atoms with E-state index >= 15 is 0 Å². The quantitative estimate of drug-likeness (QED) is 0.750. The van der Waals surface area contributed by atoms with E-state index in [0.29, 0.717) is 6.42 Å². The Morgan fingerprint density at radius 1 is 1.33 bits per heavy atom. The molecule has 0 bridgehead atoms. The maximum atomic E-state index is 9.21. The molecular formula is C13H18O2. The van der Waals surface area contributed by atoms with Crippen molar-refractivity contribution in [1.29, 1.82) is 0 Å². The van der Waals surface area contributed by atoms with E-state index in [2.05, 4.69) is 6.58 Å². The highest BCUT2D eigenvalue weighted by Crippen LogP contribution is 2.15. The first-order valence-corrected chi connectivity index (χ1v) is 5.18. The third kappa shape index (κ3) is 4.17. The molecule has 1 aromatic carbocycles. The lowest BCUT2D eigenvalue weighted by Crippen LogP contribution is -2.07. The average Bonchev–Trinajstić information content (AvgIpc) is 2.20. The fourth-order valence-corrected chi connectivity index (χ4v) is 1.31. The first kappa shape index (κ1) is 11.8. The fraction of sp³-hybridized carbons (Fsp3) is 0.385. The van der Waals surface area contributed by atoms with Gasteiger partial charge in [0.25, 0.3) is 0 Å². The standard InChI is InChI=1S/C13H18O2/c1-4-11(3)15-13-7-5-12(6-8-13)9-10(2)14/h4-8,10-11,14H,1,9H2,2-3H3. The van der Waals surface area contributed by atoms with Gasteiger partial charge in [0, 0.05) is 0 Å². The minimum absolute atomic E-state index is 0.0209. The molecule has 82 valence electrons. The van der Waals surface area contributed by atoms with Crippen LogP contribution in [0.3, 0.4) is 0 Å². The van der Waals surface area contributed by atoms with Gasteiger partial charge in [0.05, 0.1) is 6.10 Å². The molecule has 0 saturated heterocycles. The van der Waals surface area contributed by atoms with Crippen LogP contribution in [0.15, 0.2) is 36.9 Å². The first-order chi connectivity index (χ1) is 7.11. The van der Waals surface area contributed by atoms with Crippen molar-refractivity contribution in [3.63, 3.8) is 0 Å². The zero-order valence-corrected chi connectivity index (χ0v) is 9.31. The normalized spacial score (nSPS) is 14.3. The number of rotatable bonds is 5. The number of hydrogen-bond acceptors (Lipinski definition) is 2. The number of ether oxygens (including phenoxy) is 1. The lowest BCUT2D eigenvalue weighted by atomic mass is 10.1. The van der Waals surface area contributed by atoms with E-state index in [9.17, 15) is 5.11 Å². The molecule has 0 saturated carbocycles. The predicted molar refractivity (Wildman–Crippen MR) is 62.1 cm³/mol. The van der Waals surface area contributed by atoms with Crippen LogP contribution in [0.5, 0.6) is 5.75 Å². The Hall–Kier alpha value is -1.28. The Kier molecular flexibility index (Phi) is 4.37. The zero-order valence-electron chi connectivity index (χ0n) is 9.31. The molecule has 0 spiro atoms. The SMILES string of the molecule is C=CC(C)Oc1ccc(CC(C)O)cc1. The molecule has 2 heteroatoms. The van der Waals surface area contributed by atoms with E-state index in [4.69, 9.17) is 4.74 Å². The van der Waals surface area contributed by atoms with Gasteiger partial charge in [0.1, 0.15) is 11.9 Å². The molecule has 0 radical (unpaired) electrons. The van der Waals surface area contributed by atoms with E-state index in [1.54, 1.807) is 13.0 Å². The van der Waals surface area contributed by atoms with Crippen LogP contribution in [-0.4, -0.2) is 17.3 Å². The molecule has 0 aromatic heterocycles. The summed E-state index contributed by atoms with van der Waals surface area (Å²) >= 11 is 0. The van der Waals surface area contributed by atoms with Gasteiger partial charge in [-0.05, 0) is 38.0 Å². The molecule has 1 aromatic rings. The summed E-state index contributed by atoms with van der Waals surface area (Å²) < 4.78 is 5.54. The highest BCUT2D eigenvalue weighted by molar-refractivity contribution is 5.28. The topological polar surface area (TPSA) is 29.5 Å². The Morgan fingerprint density at radius 3 is 2.40 bits per heavy atom. The van der Waals surface area contributed by atoms with Crippen LogP contribution >= 0.6 is 0 Å². The molecule has 0 fully saturated rings. The lowest BCUT2D eigenvalue weighted by molar-refractivity contribution is 0.195. The molecule has 0 aliphatic heterocycles. The van der Waals surface area contributed by atoms with E-state index in [0.717, 1.165) is 11.3 Å². The molecule has 2 unspecified atom stereocenters. The lowest BCUT2D eigenvalue weighted by Gasteiger charge is -2.11. The van der Waals surface area contributed by atoms with Gasteiger partial charge in [-0.1, -0.05) is 24.8 Å². The van der Waals surface area contributed by atoms with Crippen LogP contribution in [0.25, 0.3) is 0 Å². The molecule has 1 rings (SSSR count). The van der Waals surface area contributed by atoms with Crippen molar-refractivity contribution in [2.75, 3.05) is 0 Å². The van der Waals surface area contributed by atoms with Crippen molar-refractivity contribution < 1.29 is 9.84 Å². The molecule has 1 N–H and O–H groups in total. The highest BCUT2D eigenvalue weighted by Gasteiger charge is 2.01.